The molecule has 8 heteroatoms. The van der Waals surface area contributed by atoms with Crippen LogP contribution in [0.1, 0.15) is 18.5 Å². The molecule has 1 aromatic rings. The second-order valence-corrected chi connectivity index (χ2v) is 6.00. The van der Waals surface area contributed by atoms with Gasteiger partial charge in [-0.2, -0.15) is 0 Å². The van der Waals surface area contributed by atoms with Crippen LogP contribution in [0.4, 0.5) is 4.39 Å². The molecular weight excluding hydrogens is 355 g/mol. The van der Waals surface area contributed by atoms with Crippen LogP contribution in [0.3, 0.4) is 0 Å². The number of ether oxygens (including phenoxy) is 2. The van der Waals surface area contributed by atoms with Crippen LogP contribution in [0.2, 0.25) is 5.02 Å². The van der Waals surface area contributed by atoms with Crippen molar-refractivity contribution in [2.75, 3.05) is 27.4 Å². The number of nitrogens with one attached hydrogen (secondary N) is 1. The van der Waals surface area contributed by atoms with Gasteiger partial charge in [0.2, 0.25) is 0 Å². The van der Waals surface area contributed by atoms with Gasteiger partial charge in [-0.3, -0.25) is 0 Å². The van der Waals surface area contributed by atoms with Gasteiger partial charge in [0.15, 0.2) is 5.11 Å². The Labute approximate surface area is 150 Å². The molecule has 1 heterocycles. The third-order valence-electron chi connectivity index (χ3n) is 3.78. The lowest BCUT2D eigenvalue weighted by Gasteiger charge is -2.35. The Morgan fingerprint density at radius 1 is 1.46 bits per heavy atom. The minimum atomic E-state index is -0.822. The van der Waals surface area contributed by atoms with E-state index in [-0.39, 0.29) is 29.4 Å². The third kappa shape index (κ3) is 3.68. The predicted molar refractivity (Wildman–Crippen MR) is 93.2 cm³/mol. The molecule has 130 valence electrons. The van der Waals surface area contributed by atoms with Crippen molar-refractivity contribution < 1.29 is 18.7 Å². The van der Waals surface area contributed by atoms with E-state index in [9.17, 15) is 9.18 Å². The Kier molecular flexibility index (Phi) is 6.15. The second kappa shape index (κ2) is 7.92. The van der Waals surface area contributed by atoms with Crippen LogP contribution in [0.25, 0.3) is 0 Å². The molecule has 1 aromatic carbocycles. The molecule has 24 heavy (non-hydrogen) atoms. The van der Waals surface area contributed by atoms with Crippen LogP contribution >= 0.6 is 23.8 Å². The molecule has 0 aliphatic carbocycles. The number of halogens is 2. The average molecular weight is 373 g/mol. The molecule has 1 N–H and O–H groups in total. The largest absolute Gasteiger partial charge is 0.460 e. The maximum absolute atomic E-state index is 14.4. The SMILES string of the molecule is COCCOC(=O)C1=C(C)N(C)C(=S)NC1c1c(F)cccc1Cl. The van der Waals surface area contributed by atoms with Gasteiger partial charge in [0, 0.05) is 30.4 Å². The third-order valence-corrected chi connectivity index (χ3v) is 4.50. The summed E-state index contributed by atoms with van der Waals surface area (Å²) in [5.41, 5.74) is 0.993. The first-order valence-electron chi connectivity index (χ1n) is 7.23. The summed E-state index contributed by atoms with van der Waals surface area (Å²) in [5, 5.41) is 3.53. The molecule has 0 saturated carbocycles. The van der Waals surface area contributed by atoms with E-state index in [2.05, 4.69) is 5.32 Å². The number of allylic oxidation sites excluding steroid dienone is 1. The molecule has 1 aliphatic rings. The van der Waals surface area contributed by atoms with E-state index in [1.165, 1.54) is 19.2 Å². The highest BCUT2D eigenvalue weighted by Crippen LogP contribution is 2.35. The summed E-state index contributed by atoms with van der Waals surface area (Å²) in [6, 6.07) is 3.53. The molecule has 5 nitrogen and oxygen atoms in total. The van der Waals surface area contributed by atoms with Crippen molar-refractivity contribution in [2.45, 2.75) is 13.0 Å². The molecule has 1 aliphatic heterocycles. The van der Waals surface area contributed by atoms with E-state index in [1.54, 1.807) is 24.9 Å². The predicted octanol–water partition coefficient (Wildman–Crippen LogP) is 2.80. The van der Waals surface area contributed by atoms with Crippen molar-refractivity contribution in [3.8, 4) is 0 Å². The van der Waals surface area contributed by atoms with Gasteiger partial charge in [-0.05, 0) is 31.3 Å². The monoisotopic (exact) mass is 372 g/mol. The first kappa shape index (κ1) is 18.6. The molecule has 0 saturated heterocycles. The topological polar surface area (TPSA) is 50.8 Å². The second-order valence-electron chi connectivity index (χ2n) is 5.20. The number of hydrogen-bond acceptors (Lipinski definition) is 4. The highest BCUT2D eigenvalue weighted by atomic mass is 35.5. The van der Waals surface area contributed by atoms with E-state index < -0.39 is 17.8 Å². The van der Waals surface area contributed by atoms with Crippen LogP contribution in [0.5, 0.6) is 0 Å². The van der Waals surface area contributed by atoms with E-state index in [1.807, 2.05) is 0 Å². The molecule has 1 atom stereocenters. The summed E-state index contributed by atoms with van der Waals surface area (Å²) in [6.07, 6.45) is 0. The summed E-state index contributed by atoms with van der Waals surface area (Å²) in [6.45, 7) is 2.09. The molecule has 0 bridgehead atoms. The zero-order valence-corrected chi connectivity index (χ0v) is 15.1. The van der Waals surface area contributed by atoms with Gasteiger partial charge in [0.05, 0.1) is 18.2 Å². The average Bonchev–Trinajstić information content (AvgIpc) is 2.52. The van der Waals surface area contributed by atoms with Gasteiger partial charge in [-0.15, -0.1) is 0 Å². The Morgan fingerprint density at radius 2 is 2.17 bits per heavy atom. The van der Waals surface area contributed by atoms with Crippen LogP contribution < -0.4 is 5.32 Å². The maximum Gasteiger partial charge on any atom is 0.338 e. The molecular formula is C16H18ClFN2O3S. The molecule has 2 rings (SSSR count). The van der Waals surface area contributed by atoms with E-state index in [0.717, 1.165) is 0 Å². The summed E-state index contributed by atoms with van der Waals surface area (Å²) in [4.78, 5) is 14.2. The van der Waals surface area contributed by atoms with Crippen LogP contribution in [-0.2, 0) is 14.3 Å². The lowest BCUT2D eigenvalue weighted by molar-refractivity contribution is -0.140. The summed E-state index contributed by atoms with van der Waals surface area (Å²) in [5.74, 6) is -1.10. The summed E-state index contributed by atoms with van der Waals surface area (Å²) in [7, 11) is 3.22. The van der Waals surface area contributed by atoms with Crippen molar-refractivity contribution in [3.63, 3.8) is 0 Å². The smallest absolute Gasteiger partial charge is 0.338 e. The first-order chi connectivity index (χ1) is 11.4. The van der Waals surface area contributed by atoms with Crippen molar-refractivity contribution in [1.82, 2.24) is 10.2 Å². The van der Waals surface area contributed by atoms with Gasteiger partial charge >= 0.3 is 5.97 Å². The zero-order chi connectivity index (χ0) is 17.9. The van der Waals surface area contributed by atoms with E-state index in [0.29, 0.717) is 10.8 Å². The molecule has 1 unspecified atom stereocenters. The number of hydrogen-bond donors (Lipinski definition) is 1. The molecule has 0 aromatic heterocycles. The van der Waals surface area contributed by atoms with Crippen molar-refractivity contribution in [3.05, 3.63) is 45.9 Å². The Balaban J connectivity index is 2.47. The number of esters is 1. The quantitative estimate of drug-likeness (QED) is 0.487. The number of benzene rings is 1. The van der Waals surface area contributed by atoms with Gasteiger partial charge in [-0.25, -0.2) is 9.18 Å². The Morgan fingerprint density at radius 3 is 2.79 bits per heavy atom. The minimum absolute atomic E-state index is 0.0952. The normalized spacial score (nSPS) is 17.8. The van der Waals surface area contributed by atoms with Crippen molar-refractivity contribution in [2.24, 2.45) is 0 Å². The molecule has 0 spiro atoms. The summed E-state index contributed by atoms with van der Waals surface area (Å²) < 4.78 is 24.4. The number of methoxy groups -OCH3 is 1. The lowest BCUT2D eigenvalue weighted by Crippen LogP contribution is -2.46. The van der Waals surface area contributed by atoms with Crippen molar-refractivity contribution >= 4 is 34.9 Å². The number of carbonyl (C=O) groups excluding carboxylic acids is 1. The van der Waals surface area contributed by atoms with Crippen LogP contribution in [-0.4, -0.2) is 43.4 Å². The standard InChI is InChI=1S/C16H18ClFN2O3S/c1-9-12(15(21)23-8-7-22-3)14(19-16(24)20(9)2)13-10(17)5-4-6-11(13)18/h4-6,14H,7-8H2,1-3H3,(H,19,24). The minimum Gasteiger partial charge on any atom is -0.460 e. The van der Waals surface area contributed by atoms with Gasteiger partial charge in [0.1, 0.15) is 12.4 Å². The number of thiocarbonyl (C=S) groups is 1. The van der Waals surface area contributed by atoms with E-state index >= 15 is 0 Å². The fourth-order valence-electron chi connectivity index (χ4n) is 2.40. The zero-order valence-electron chi connectivity index (χ0n) is 13.6. The van der Waals surface area contributed by atoms with Crippen LogP contribution in [0, 0.1) is 5.82 Å². The lowest BCUT2D eigenvalue weighted by atomic mass is 9.94. The molecule has 0 amide bonds. The highest BCUT2D eigenvalue weighted by molar-refractivity contribution is 7.80. The fraction of sp³-hybridized carbons (Fsp3) is 0.375. The van der Waals surface area contributed by atoms with Gasteiger partial charge in [0.25, 0.3) is 0 Å². The number of carbonyl (C=O) groups is 1. The summed E-state index contributed by atoms with van der Waals surface area (Å²) >= 11 is 11.4. The van der Waals surface area contributed by atoms with Crippen molar-refractivity contribution in [1.29, 1.82) is 0 Å². The molecule has 0 radical (unpaired) electrons. The van der Waals surface area contributed by atoms with Gasteiger partial charge < -0.3 is 19.7 Å². The molecule has 0 fully saturated rings. The maximum atomic E-state index is 14.4. The number of nitrogens with zero attached hydrogens (tertiary/aromatic N) is 1. The van der Waals surface area contributed by atoms with E-state index in [4.69, 9.17) is 33.3 Å². The van der Waals surface area contributed by atoms with Crippen LogP contribution in [0.15, 0.2) is 29.5 Å². The van der Waals surface area contributed by atoms with Gasteiger partial charge in [-0.1, -0.05) is 17.7 Å². The Bertz CT molecular complexity index is 676. The first-order valence-corrected chi connectivity index (χ1v) is 8.02. The Hall–Kier alpha value is -1.70. The highest BCUT2D eigenvalue weighted by Gasteiger charge is 2.35. The fourth-order valence-corrected chi connectivity index (χ4v) is 2.93. The number of rotatable bonds is 5.